The summed E-state index contributed by atoms with van der Waals surface area (Å²) in [5, 5.41) is 13.8. The van der Waals surface area contributed by atoms with E-state index >= 15 is 0 Å². The number of nitrogens with one attached hydrogen (secondary N) is 2. The van der Waals surface area contributed by atoms with Crippen molar-refractivity contribution >= 4 is 12.0 Å². The van der Waals surface area contributed by atoms with E-state index in [1.807, 2.05) is 6.92 Å². The summed E-state index contributed by atoms with van der Waals surface area (Å²) in [5.74, 6) is -0.959. The molecule has 0 rings (SSSR count). The zero-order valence-corrected chi connectivity index (χ0v) is 10.9. The van der Waals surface area contributed by atoms with Gasteiger partial charge in [0.15, 0.2) is 0 Å². The molecule has 0 saturated carbocycles. The summed E-state index contributed by atoms with van der Waals surface area (Å²) in [7, 11) is 0. The highest BCUT2D eigenvalue weighted by molar-refractivity contribution is 5.74. The second-order valence-electron chi connectivity index (χ2n) is 4.23. The van der Waals surface area contributed by atoms with Gasteiger partial charge in [0.1, 0.15) is 0 Å². The fourth-order valence-electron chi connectivity index (χ4n) is 1.23. The summed E-state index contributed by atoms with van der Waals surface area (Å²) in [4.78, 5) is 21.8. The maximum Gasteiger partial charge on any atom is 0.314 e. The van der Waals surface area contributed by atoms with Crippen molar-refractivity contribution in [1.29, 1.82) is 0 Å². The van der Waals surface area contributed by atoms with Crippen molar-refractivity contribution in [3.63, 3.8) is 0 Å². The molecule has 0 saturated heterocycles. The van der Waals surface area contributed by atoms with E-state index in [2.05, 4.69) is 17.2 Å². The molecule has 0 radical (unpaired) electrons. The lowest BCUT2D eigenvalue weighted by Gasteiger charge is -2.14. The number of carbonyl (C=O) groups is 2. The molecule has 104 valence electrons. The van der Waals surface area contributed by atoms with Crippen LogP contribution in [0.25, 0.3) is 0 Å². The van der Waals surface area contributed by atoms with Gasteiger partial charge < -0.3 is 20.5 Å². The van der Waals surface area contributed by atoms with Crippen molar-refractivity contribution in [2.24, 2.45) is 5.92 Å². The van der Waals surface area contributed by atoms with Crippen LogP contribution in [-0.2, 0) is 9.53 Å². The van der Waals surface area contributed by atoms with Gasteiger partial charge in [0, 0.05) is 19.5 Å². The zero-order valence-electron chi connectivity index (χ0n) is 10.9. The lowest BCUT2D eigenvalue weighted by atomic mass is 10.1. The Bertz CT molecular complexity index is 281. The number of carbonyl (C=O) groups excluding carboxylic acids is 1. The number of rotatable bonds is 9. The highest BCUT2D eigenvalue weighted by Crippen LogP contribution is 1.98. The van der Waals surface area contributed by atoms with Crippen LogP contribution in [0.15, 0.2) is 12.7 Å². The first-order valence-corrected chi connectivity index (χ1v) is 5.91. The van der Waals surface area contributed by atoms with E-state index in [0.29, 0.717) is 19.7 Å². The number of aliphatic carboxylic acids is 1. The third-order valence-electron chi connectivity index (χ3n) is 2.18. The summed E-state index contributed by atoms with van der Waals surface area (Å²) in [5.41, 5.74) is 0. The Kier molecular flexibility index (Phi) is 8.65. The molecule has 6 nitrogen and oxygen atoms in total. The van der Waals surface area contributed by atoms with Gasteiger partial charge in [0.05, 0.1) is 12.7 Å². The largest absolute Gasteiger partial charge is 0.481 e. The van der Waals surface area contributed by atoms with Crippen LogP contribution in [0, 0.1) is 5.92 Å². The van der Waals surface area contributed by atoms with Crippen LogP contribution < -0.4 is 10.6 Å². The van der Waals surface area contributed by atoms with E-state index in [9.17, 15) is 9.59 Å². The van der Waals surface area contributed by atoms with Crippen LogP contribution >= 0.6 is 0 Å². The molecule has 0 aliphatic rings. The van der Waals surface area contributed by atoms with Gasteiger partial charge in [-0.05, 0) is 12.8 Å². The van der Waals surface area contributed by atoms with Gasteiger partial charge in [0.2, 0.25) is 0 Å². The summed E-state index contributed by atoms with van der Waals surface area (Å²) in [6.45, 7) is 8.31. The molecular formula is C12H22N2O4. The van der Waals surface area contributed by atoms with Crippen LogP contribution in [0.2, 0.25) is 0 Å². The molecule has 0 bridgehead atoms. The molecule has 0 aromatic rings. The summed E-state index contributed by atoms with van der Waals surface area (Å²) in [6.07, 6.45) is 1.59. The van der Waals surface area contributed by atoms with Gasteiger partial charge in [-0.1, -0.05) is 13.0 Å². The molecule has 2 unspecified atom stereocenters. The van der Waals surface area contributed by atoms with Crippen LogP contribution in [0.4, 0.5) is 4.79 Å². The standard InChI is InChI=1S/C12H22N2O4/c1-4-5-18-10(3)8-14-12(17)13-7-9(2)6-11(15)16/h4,9-10H,1,5-8H2,2-3H3,(H,15,16)(H2,13,14,17). The first-order valence-electron chi connectivity index (χ1n) is 5.91. The quantitative estimate of drug-likeness (QED) is 0.538. The fraction of sp³-hybridized carbons (Fsp3) is 0.667. The molecule has 2 atom stereocenters. The van der Waals surface area contributed by atoms with Crippen molar-refractivity contribution < 1.29 is 19.4 Å². The van der Waals surface area contributed by atoms with Gasteiger partial charge in [-0.3, -0.25) is 4.79 Å². The number of carboxylic acid groups (broad SMARTS) is 1. The lowest BCUT2D eigenvalue weighted by molar-refractivity contribution is -0.137. The Morgan fingerprint density at radius 2 is 1.94 bits per heavy atom. The minimum Gasteiger partial charge on any atom is -0.481 e. The Morgan fingerprint density at radius 3 is 2.50 bits per heavy atom. The van der Waals surface area contributed by atoms with E-state index in [4.69, 9.17) is 9.84 Å². The molecule has 3 N–H and O–H groups in total. The van der Waals surface area contributed by atoms with Crippen molar-refractivity contribution in [1.82, 2.24) is 10.6 Å². The Hall–Kier alpha value is -1.56. The Morgan fingerprint density at radius 1 is 1.33 bits per heavy atom. The molecule has 2 amide bonds. The van der Waals surface area contributed by atoms with Crippen LogP contribution in [0.3, 0.4) is 0 Å². The van der Waals surface area contributed by atoms with Gasteiger partial charge in [-0.15, -0.1) is 6.58 Å². The summed E-state index contributed by atoms with van der Waals surface area (Å²) in [6, 6.07) is -0.318. The number of carboxylic acids is 1. The molecule has 0 aromatic carbocycles. The zero-order chi connectivity index (χ0) is 14.0. The average Bonchev–Trinajstić information content (AvgIpc) is 2.30. The minimum absolute atomic E-state index is 0.0408. The smallest absolute Gasteiger partial charge is 0.314 e. The molecule has 0 heterocycles. The molecule has 0 aliphatic heterocycles. The number of ether oxygens (including phenoxy) is 1. The van der Waals surface area contributed by atoms with E-state index < -0.39 is 5.97 Å². The fourth-order valence-corrected chi connectivity index (χ4v) is 1.23. The van der Waals surface area contributed by atoms with E-state index in [1.165, 1.54) is 0 Å². The van der Waals surface area contributed by atoms with Crippen molar-refractivity contribution in [2.45, 2.75) is 26.4 Å². The maximum atomic E-state index is 11.4. The number of hydrogen-bond donors (Lipinski definition) is 3. The third-order valence-corrected chi connectivity index (χ3v) is 2.18. The van der Waals surface area contributed by atoms with Crippen LogP contribution in [0.1, 0.15) is 20.3 Å². The van der Waals surface area contributed by atoms with Gasteiger partial charge >= 0.3 is 12.0 Å². The molecular weight excluding hydrogens is 236 g/mol. The van der Waals surface area contributed by atoms with Crippen molar-refractivity contribution in [3.8, 4) is 0 Å². The molecule has 0 aliphatic carbocycles. The monoisotopic (exact) mass is 258 g/mol. The lowest BCUT2D eigenvalue weighted by Crippen LogP contribution is -2.41. The van der Waals surface area contributed by atoms with E-state index in [1.54, 1.807) is 13.0 Å². The topological polar surface area (TPSA) is 87.7 Å². The van der Waals surface area contributed by atoms with Gasteiger partial charge in [0.25, 0.3) is 0 Å². The number of amides is 2. The average molecular weight is 258 g/mol. The Labute approximate surface area is 107 Å². The number of urea groups is 1. The second kappa shape index (κ2) is 9.47. The minimum atomic E-state index is -0.865. The summed E-state index contributed by atoms with van der Waals surface area (Å²) >= 11 is 0. The predicted molar refractivity (Wildman–Crippen MR) is 68.4 cm³/mol. The van der Waals surface area contributed by atoms with Crippen LogP contribution in [-0.4, -0.2) is 42.9 Å². The van der Waals surface area contributed by atoms with Crippen LogP contribution in [0.5, 0.6) is 0 Å². The molecule has 0 aromatic heterocycles. The highest BCUT2D eigenvalue weighted by atomic mass is 16.5. The summed E-state index contributed by atoms with van der Waals surface area (Å²) < 4.78 is 5.28. The number of hydrogen-bond acceptors (Lipinski definition) is 3. The SMILES string of the molecule is C=CCOC(C)CNC(=O)NCC(C)CC(=O)O. The third kappa shape index (κ3) is 9.65. The highest BCUT2D eigenvalue weighted by Gasteiger charge is 2.09. The normalized spacial score (nSPS) is 13.4. The van der Waals surface area contributed by atoms with Crippen molar-refractivity contribution in [2.75, 3.05) is 19.7 Å². The van der Waals surface area contributed by atoms with E-state index in [-0.39, 0.29) is 24.5 Å². The first-order chi connectivity index (χ1) is 8.45. The Balaban J connectivity index is 3.64. The molecule has 0 spiro atoms. The van der Waals surface area contributed by atoms with Crippen molar-refractivity contribution in [3.05, 3.63) is 12.7 Å². The van der Waals surface area contributed by atoms with E-state index in [0.717, 1.165) is 0 Å². The maximum absolute atomic E-state index is 11.4. The van der Waals surface area contributed by atoms with Gasteiger partial charge in [-0.2, -0.15) is 0 Å². The van der Waals surface area contributed by atoms with Gasteiger partial charge in [-0.25, -0.2) is 4.79 Å². The molecule has 0 fully saturated rings. The predicted octanol–water partition coefficient (Wildman–Crippen LogP) is 0.987. The second-order valence-corrected chi connectivity index (χ2v) is 4.23. The molecule has 18 heavy (non-hydrogen) atoms. The molecule has 6 heteroatoms. The first kappa shape index (κ1) is 16.4.